The van der Waals surface area contributed by atoms with Crippen molar-refractivity contribution in [2.45, 2.75) is 6.54 Å². The normalized spacial score (nSPS) is 10.4. The van der Waals surface area contributed by atoms with Crippen LogP contribution in [0.25, 0.3) is 5.69 Å². The molecule has 0 aliphatic heterocycles. The van der Waals surface area contributed by atoms with Crippen molar-refractivity contribution in [2.24, 2.45) is 0 Å². The lowest BCUT2D eigenvalue weighted by Crippen LogP contribution is -2.15. The number of aromatic nitrogens is 3. The van der Waals surface area contributed by atoms with Crippen molar-refractivity contribution in [3.05, 3.63) is 72.8 Å². The van der Waals surface area contributed by atoms with Crippen molar-refractivity contribution >= 4 is 5.69 Å². The number of para-hydroxylation sites is 1. The number of hydrogen-bond donors (Lipinski definition) is 0. The zero-order chi connectivity index (χ0) is 13.8. The van der Waals surface area contributed by atoms with Crippen molar-refractivity contribution in [3.63, 3.8) is 0 Å². The molecule has 1 aromatic carbocycles. The fraction of sp³-hybridized carbons (Fsp3) is 0.125. The van der Waals surface area contributed by atoms with Crippen LogP contribution in [0, 0.1) is 0 Å². The summed E-state index contributed by atoms with van der Waals surface area (Å²) in [6.07, 6.45) is 7.58. The van der Waals surface area contributed by atoms with E-state index in [-0.39, 0.29) is 0 Å². The Morgan fingerprint density at radius 1 is 1.05 bits per heavy atom. The van der Waals surface area contributed by atoms with Gasteiger partial charge in [-0.15, -0.1) is 0 Å². The van der Waals surface area contributed by atoms with Crippen LogP contribution in [0.3, 0.4) is 0 Å². The average Bonchev–Trinajstić information content (AvgIpc) is 2.97. The van der Waals surface area contributed by atoms with Crippen LogP contribution >= 0.6 is 0 Å². The first kappa shape index (κ1) is 12.4. The third-order valence-corrected chi connectivity index (χ3v) is 3.18. The summed E-state index contributed by atoms with van der Waals surface area (Å²) in [7, 11) is 2.06. The molecule has 0 aliphatic rings. The summed E-state index contributed by atoms with van der Waals surface area (Å²) in [5, 5.41) is 4.41. The molecule has 0 radical (unpaired) electrons. The lowest BCUT2D eigenvalue weighted by Gasteiger charge is -2.17. The molecular weight excluding hydrogens is 248 g/mol. The number of pyridine rings is 1. The van der Waals surface area contributed by atoms with Gasteiger partial charge < -0.3 is 4.90 Å². The fourth-order valence-corrected chi connectivity index (χ4v) is 2.13. The Morgan fingerprint density at radius 2 is 1.80 bits per heavy atom. The lowest BCUT2D eigenvalue weighted by atomic mass is 10.3. The van der Waals surface area contributed by atoms with Crippen molar-refractivity contribution in [1.82, 2.24) is 14.8 Å². The molecule has 0 atom stereocenters. The summed E-state index contributed by atoms with van der Waals surface area (Å²) in [4.78, 5) is 6.21. The van der Waals surface area contributed by atoms with Gasteiger partial charge in [0.1, 0.15) is 0 Å². The molecule has 0 aliphatic carbocycles. The maximum Gasteiger partial charge on any atom is 0.0645 e. The predicted octanol–water partition coefficient (Wildman–Crippen LogP) is 2.90. The van der Waals surface area contributed by atoms with E-state index in [2.05, 4.69) is 28.2 Å². The maximum atomic E-state index is 4.41. The smallest absolute Gasteiger partial charge is 0.0645 e. The number of hydrogen-bond acceptors (Lipinski definition) is 3. The maximum absolute atomic E-state index is 4.41. The van der Waals surface area contributed by atoms with Gasteiger partial charge >= 0.3 is 0 Å². The highest BCUT2D eigenvalue weighted by molar-refractivity contribution is 5.44. The minimum atomic E-state index is 0.816. The van der Waals surface area contributed by atoms with Crippen molar-refractivity contribution in [3.8, 4) is 5.69 Å². The molecule has 20 heavy (non-hydrogen) atoms. The summed E-state index contributed by atoms with van der Waals surface area (Å²) in [5.41, 5.74) is 3.39. The van der Waals surface area contributed by atoms with Crippen LogP contribution < -0.4 is 4.90 Å². The third-order valence-electron chi connectivity index (χ3n) is 3.18. The van der Waals surface area contributed by atoms with Gasteiger partial charge in [-0.2, -0.15) is 5.10 Å². The van der Waals surface area contributed by atoms with Crippen molar-refractivity contribution < 1.29 is 0 Å². The minimum Gasteiger partial charge on any atom is -0.370 e. The quantitative estimate of drug-likeness (QED) is 0.726. The van der Waals surface area contributed by atoms with E-state index < -0.39 is 0 Å². The topological polar surface area (TPSA) is 34.0 Å². The molecule has 4 heteroatoms. The Balaban J connectivity index is 1.75. The van der Waals surface area contributed by atoms with Crippen LogP contribution in [0.2, 0.25) is 0 Å². The molecule has 2 heterocycles. The molecule has 3 rings (SSSR count). The van der Waals surface area contributed by atoms with Crippen LogP contribution in [-0.2, 0) is 6.54 Å². The van der Waals surface area contributed by atoms with Crippen LogP contribution in [-0.4, -0.2) is 21.8 Å². The molecule has 0 fully saturated rings. The van der Waals surface area contributed by atoms with Gasteiger partial charge in [0.2, 0.25) is 0 Å². The van der Waals surface area contributed by atoms with Gasteiger partial charge in [0.15, 0.2) is 0 Å². The molecule has 0 N–H and O–H groups in total. The second-order valence-corrected chi connectivity index (χ2v) is 4.69. The van der Waals surface area contributed by atoms with E-state index in [1.165, 1.54) is 5.56 Å². The molecule has 0 spiro atoms. The number of benzene rings is 1. The van der Waals surface area contributed by atoms with Crippen LogP contribution in [0.1, 0.15) is 5.56 Å². The highest BCUT2D eigenvalue weighted by Crippen LogP contribution is 2.14. The largest absolute Gasteiger partial charge is 0.370 e. The Kier molecular flexibility index (Phi) is 3.46. The predicted molar refractivity (Wildman–Crippen MR) is 79.9 cm³/mol. The van der Waals surface area contributed by atoms with E-state index in [1.807, 2.05) is 53.3 Å². The summed E-state index contributed by atoms with van der Waals surface area (Å²) in [6, 6.07) is 14.1. The van der Waals surface area contributed by atoms with Crippen molar-refractivity contribution in [2.75, 3.05) is 11.9 Å². The summed E-state index contributed by atoms with van der Waals surface area (Å²) < 4.78 is 1.90. The number of rotatable bonds is 4. The molecule has 3 aromatic rings. The van der Waals surface area contributed by atoms with E-state index in [1.54, 1.807) is 12.4 Å². The highest BCUT2D eigenvalue weighted by Gasteiger charge is 2.05. The van der Waals surface area contributed by atoms with Crippen LogP contribution in [0.5, 0.6) is 0 Å². The average molecular weight is 264 g/mol. The molecule has 100 valence electrons. The van der Waals surface area contributed by atoms with E-state index >= 15 is 0 Å². The first-order chi connectivity index (χ1) is 9.83. The van der Waals surface area contributed by atoms with E-state index in [0.29, 0.717) is 0 Å². The zero-order valence-electron chi connectivity index (χ0n) is 11.3. The number of anilines is 1. The molecule has 0 amide bonds. The summed E-state index contributed by atoms with van der Waals surface area (Å²) in [5.74, 6) is 0. The molecule has 0 unspecified atom stereocenters. The summed E-state index contributed by atoms with van der Waals surface area (Å²) >= 11 is 0. The second-order valence-electron chi connectivity index (χ2n) is 4.69. The first-order valence-corrected chi connectivity index (χ1v) is 6.53. The van der Waals surface area contributed by atoms with Gasteiger partial charge in [-0.25, -0.2) is 4.68 Å². The summed E-state index contributed by atoms with van der Waals surface area (Å²) in [6.45, 7) is 0.816. The second kappa shape index (κ2) is 5.57. The lowest BCUT2D eigenvalue weighted by molar-refractivity contribution is 0.877. The minimum absolute atomic E-state index is 0.816. The van der Waals surface area contributed by atoms with Gasteiger partial charge in [-0.3, -0.25) is 4.98 Å². The highest BCUT2D eigenvalue weighted by atomic mass is 15.3. The van der Waals surface area contributed by atoms with E-state index in [4.69, 9.17) is 0 Å². The Hall–Kier alpha value is -2.62. The molecule has 0 bridgehead atoms. The van der Waals surface area contributed by atoms with Gasteiger partial charge in [-0.1, -0.05) is 18.2 Å². The van der Waals surface area contributed by atoms with E-state index in [9.17, 15) is 0 Å². The molecule has 4 nitrogen and oxygen atoms in total. The van der Waals surface area contributed by atoms with Gasteiger partial charge in [0.05, 0.1) is 11.9 Å². The van der Waals surface area contributed by atoms with Crippen LogP contribution in [0.4, 0.5) is 5.69 Å². The van der Waals surface area contributed by atoms with Gasteiger partial charge in [-0.05, 0) is 24.3 Å². The molecular formula is C16H16N4. The molecule has 0 saturated carbocycles. The zero-order valence-corrected chi connectivity index (χ0v) is 11.3. The Labute approximate surface area is 118 Å². The first-order valence-electron chi connectivity index (χ1n) is 6.53. The van der Waals surface area contributed by atoms with Crippen molar-refractivity contribution in [1.29, 1.82) is 0 Å². The SMILES string of the molecule is CN(Cc1cnn(-c2ccccc2)c1)c1ccncc1. The van der Waals surface area contributed by atoms with Gasteiger partial charge in [0.25, 0.3) is 0 Å². The van der Waals surface area contributed by atoms with E-state index in [0.717, 1.165) is 17.9 Å². The third kappa shape index (κ3) is 2.69. The molecule has 2 aromatic heterocycles. The van der Waals surface area contributed by atoms with Gasteiger partial charge in [0, 0.05) is 43.4 Å². The fourth-order valence-electron chi connectivity index (χ4n) is 2.13. The monoisotopic (exact) mass is 264 g/mol. The molecule has 0 saturated heterocycles. The Morgan fingerprint density at radius 3 is 2.55 bits per heavy atom. The van der Waals surface area contributed by atoms with Crippen LogP contribution in [0.15, 0.2) is 67.3 Å². The standard InChI is InChI=1S/C16H16N4/c1-19(15-7-9-17-10-8-15)12-14-11-18-20(13-14)16-5-3-2-4-6-16/h2-11,13H,12H2,1H3. The Bertz CT molecular complexity index is 661. The number of nitrogens with zero attached hydrogens (tertiary/aromatic N) is 4.